The Kier molecular flexibility index (Phi) is 3.36. The fourth-order valence-corrected chi connectivity index (χ4v) is 1.46. The SMILES string of the molecule is Nc1ccc(C=Cc2ccccc2)ccc1=O. The Bertz CT molecular complexity index is 588. The van der Waals surface area contributed by atoms with Gasteiger partial charge in [0, 0.05) is 0 Å². The van der Waals surface area contributed by atoms with E-state index in [1.807, 2.05) is 48.6 Å². The van der Waals surface area contributed by atoms with Crippen LogP contribution in [0.4, 0.5) is 5.69 Å². The highest BCUT2D eigenvalue weighted by Crippen LogP contribution is 2.07. The molecule has 0 aliphatic heterocycles. The summed E-state index contributed by atoms with van der Waals surface area (Å²) in [6, 6.07) is 16.7. The van der Waals surface area contributed by atoms with E-state index in [1.54, 1.807) is 12.1 Å². The molecule has 2 heteroatoms. The average Bonchev–Trinajstić information content (AvgIpc) is 2.52. The summed E-state index contributed by atoms with van der Waals surface area (Å²) in [5.74, 6) is 0. The first-order valence-electron chi connectivity index (χ1n) is 5.39. The van der Waals surface area contributed by atoms with Crippen molar-refractivity contribution in [1.82, 2.24) is 0 Å². The fourth-order valence-electron chi connectivity index (χ4n) is 1.46. The van der Waals surface area contributed by atoms with Crippen LogP contribution in [-0.2, 0) is 0 Å². The van der Waals surface area contributed by atoms with Gasteiger partial charge in [-0.05, 0) is 23.3 Å². The number of rotatable bonds is 2. The van der Waals surface area contributed by atoms with Crippen molar-refractivity contribution in [2.24, 2.45) is 0 Å². The summed E-state index contributed by atoms with van der Waals surface area (Å²) in [7, 11) is 0. The van der Waals surface area contributed by atoms with E-state index in [4.69, 9.17) is 5.73 Å². The van der Waals surface area contributed by atoms with Gasteiger partial charge in [-0.15, -0.1) is 0 Å². The van der Waals surface area contributed by atoms with Crippen molar-refractivity contribution in [2.45, 2.75) is 0 Å². The van der Waals surface area contributed by atoms with E-state index in [0.717, 1.165) is 11.1 Å². The second-order valence-electron chi connectivity index (χ2n) is 3.73. The number of anilines is 1. The van der Waals surface area contributed by atoms with Crippen LogP contribution in [0.5, 0.6) is 0 Å². The number of nitrogen functional groups attached to an aromatic ring is 1. The molecule has 2 rings (SSSR count). The molecule has 0 atom stereocenters. The zero-order chi connectivity index (χ0) is 12.1. The number of hydrogen-bond acceptors (Lipinski definition) is 2. The summed E-state index contributed by atoms with van der Waals surface area (Å²) < 4.78 is 0. The molecule has 2 nitrogen and oxygen atoms in total. The molecular formula is C15H13NO. The summed E-state index contributed by atoms with van der Waals surface area (Å²) in [4.78, 5) is 11.3. The molecule has 0 radical (unpaired) electrons. The Hall–Kier alpha value is -2.35. The first kappa shape index (κ1) is 11.1. The van der Waals surface area contributed by atoms with Crippen LogP contribution in [0.1, 0.15) is 11.1 Å². The van der Waals surface area contributed by atoms with Gasteiger partial charge in [-0.3, -0.25) is 4.79 Å². The van der Waals surface area contributed by atoms with Gasteiger partial charge in [0.05, 0.1) is 5.69 Å². The van der Waals surface area contributed by atoms with Gasteiger partial charge in [0.25, 0.3) is 0 Å². The van der Waals surface area contributed by atoms with Crippen LogP contribution in [-0.4, -0.2) is 0 Å². The van der Waals surface area contributed by atoms with Crippen molar-refractivity contribution in [1.29, 1.82) is 0 Å². The van der Waals surface area contributed by atoms with E-state index in [2.05, 4.69) is 0 Å². The second-order valence-corrected chi connectivity index (χ2v) is 3.73. The highest BCUT2D eigenvalue weighted by Gasteiger charge is 1.90. The van der Waals surface area contributed by atoms with E-state index >= 15 is 0 Å². The van der Waals surface area contributed by atoms with E-state index in [9.17, 15) is 4.79 Å². The van der Waals surface area contributed by atoms with Crippen LogP contribution in [0.2, 0.25) is 0 Å². The monoisotopic (exact) mass is 223 g/mol. The summed E-state index contributed by atoms with van der Waals surface area (Å²) >= 11 is 0. The molecule has 0 aliphatic carbocycles. The molecule has 0 bridgehead atoms. The third kappa shape index (κ3) is 3.05. The largest absolute Gasteiger partial charge is 0.396 e. The zero-order valence-corrected chi connectivity index (χ0v) is 9.34. The lowest BCUT2D eigenvalue weighted by Crippen LogP contribution is -2.01. The predicted molar refractivity (Wildman–Crippen MR) is 72.5 cm³/mol. The van der Waals surface area contributed by atoms with Crippen LogP contribution in [0.25, 0.3) is 12.2 Å². The van der Waals surface area contributed by atoms with Crippen molar-refractivity contribution in [3.05, 3.63) is 75.9 Å². The van der Waals surface area contributed by atoms with Gasteiger partial charge in [-0.1, -0.05) is 54.6 Å². The molecule has 0 amide bonds. The smallest absolute Gasteiger partial charge is 0.201 e. The first-order valence-corrected chi connectivity index (χ1v) is 5.39. The highest BCUT2D eigenvalue weighted by atomic mass is 16.1. The van der Waals surface area contributed by atoms with E-state index in [-0.39, 0.29) is 11.1 Å². The highest BCUT2D eigenvalue weighted by molar-refractivity contribution is 5.69. The third-order valence-corrected chi connectivity index (χ3v) is 2.43. The molecule has 0 saturated carbocycles. The molecule has 0 heterocycles. The second kappa shape index (κ2) is 5.12. The van der Waals surface area contributed by atoms with Gasteiger partial charge in [0.2, 0.25) is 5.43 Å². The summed E-state index contributed by atoms with van der Waals surface area (Å²) in [6.45, 7) is 0. The summed E-state index contributed by atoms with van der Waals surface area (Å²) in [5.41, 5.74) is 7.73. The Balaban J connectivity index is 2.29. The van der Waals surface area contributed by atoms with Crippen LogP contribution in [0, 0.1) is 0 Å². The Morgan fingerprint density at radius 1 is 0.765 bits per heavy atom. The molecule has 0 aromatic heterocycles. The quantitative estimate of drug-likeness (QED) is 0.850. The molecule has 2 N–H and O–H groups in total. The summed E-state index contributed by atoms with van der Waals surface area (Å²) in [5, 5.41) is 0. The Morgan fingerprint density at radius 3 is 2.06 bits per heavy atom. The molecule has 84 valence electrons. The lowest BCUT2D eigenvalue weighted by Gasteiger charge is -1.90. The van der Waals surface area contributed by atoms with Crippen LogP contribution < -0.4 is 11.2 Å². The van der Waals surface area contributed by atoms with Crippen molar-refractivity contribution in [3.63, 3.8) is 0 Å². The Labute approximate surface area is 100 Å². The van der Waals surface area contributed by atoms with Gasteiger partial charge in [0.1, 0.15) is 0 Å². The van der Waals surface area contributed by atoms with Crippen LogP contribution in [0.3, 0.4) is 0 Å². The van der Waals surface area contributed by atoms with Crippen molar-refractivity contribution < 1.29 is 0 Å². The van der Waals surface area contributed by atoms with Crippen LogP contribution >= 0.6 is 0 Å². The summed E-state index contributed by atoms with van der Waals surface area (Å²) in [6.07, 6.45) is 3.95. The number of nitrogens with two attached hydrogens (primary N) is 1. The average molecular weight is 223 g/mol. The molecule has 0 aliphatic rings. The Morgan fingerprint density at radius 2 is 1.35 bits per heavy atom. The maximum Gasteiger partial charge on any atom is 0.201 e. The van der Waals surface area contributed by atoms with Gasteiger partial charge in [-0.2, -0.15) is 0 Å². The van der Waals surface area contributed by atoms with Crippen molar-refractivity contribution in [2.75, 3.05) is 5.73 Å². The van der Waals surface area contributed by atoms with Gasteiger partial charge < -0.3 is 5.73 Å². The van der Waals surface area contributed by atoms with E-state index in [1.165, 1.54) is 6.07 Å². The minimum atomic E-state index is -0.149. The lowest BCUT2D eigenvalue weighted by molar-refractivity contribution is 1.65. The molecule has 17 heavy (non-hydrogen) atoms. The molecule has 0 unspecified atom stereocenters. The van der Waals surface area contributed by atoms with Gasteiger partial charge in [0.15, 0.2) is 0 Å². The van der Waals surface area contributed by atoms with Crippen LogP contribution in [0.15, 0.2) is 59.4 Å². The standard InChI is InChI=1S/C15H13NO/c16-14-10-8-13(9-11-15(14)17)7-6-12-4-2-1-3-5-12/h1-11H,(H2,16,17). The van der Waals surface area contributed by atoms with Crippen molar-refractivity contribution >= 4 is 17.8 Å². The maximum atomic E-state index is 11.3. The zero-order valence-electron chi connectivity index (χ0n) is 9.34. The molecule has 0 saturated heterocycles. The predicted octanol–water partition coefficient (Wildman–Crippen LogP) is 2.80. The number of benzene rings is 1. The van der Waals surface area contributed by atoms with Crippen molar-refractivity contribution in [3.8, 4) is 0 Å². The lowest BCUT2D eigenvalue weighted by atomic mass is 10.2. The minimum absolute atomic E-state index is 0.149. The topological polar surface area (TPSA) is 43.1 Å². The van der Waals surface area contributed by atoms with Gasteiger partial charge >= 0.3 is 0 Å². The third-order valence-electron chi connectivity index (χ3n) is 2.43. The fraction of sp³-hybridized carbons (Fsp3) is 0. The normalized spacial score (nSPS) is 10.6. The molecular weight excluding hydrogens is 210 g/mol. The minimum Gasteiger partial charge on any atom is -0.396 e. The number of hydrogen-bond donors (Lipinski definition) is 1. The van der Waals surface area contributed by atoms with Gasteiger partial charge in [-0.25, -0.2) is 0 Å². The molecule has 2 aromatic carbocycles. The van der Waals surface area contributed by atoms with E-state index < -0.39 is 0 Å². The maximum absolute atomic E-state index is 11.3. The molecule has 0 spiro atoms. The van der Waals surface area contributed by atoms with E-state index in [0.29, 0.717) is 0 Å². The molecule has 2 aromatic rings. The first-order chi connectivity index (χ1) is 8.25. The molecule has 0 fully saturated rings.